The Kier molecular flexibility index (Phi) is 5.87. The van der Waals surface area contributed by atoms with Crippen molar-refractivity contribution in [3.63, 3.8) is 0 Å². The Hall–Kier alpha value is -2.34. The number of rotatable bonds is 6. The topological polar surface area (TPSA) is 66.5 Å². The molecule has 2 unspecified atom stereocenters. The van der Waals surface area contributed by atoms with Gasteiger partial charge < -0.3 is 10.2 Å². The summed E-state index contributed by atoms with van der Waals surface area (Å²) in [5.41, 5.74) is 4.19. The van der Waals surface area contributed by atoms with Crippen molar-refractivity contribution < 1.29 is 13.2 Å². The second kappa shape index (κ2) is 8.42. The number of carbonyl (C=O) groups excluding carboxylic acids is 1. The molecule has 1 amide bonds. The Morgan fingerprint density at radius 3 is 2.50 bits per heavy atom. The third-order valence-corrected chi connectivity index (χ3v) is 8.34. The van der Waals surface area contributed by atoms with E-state index in [-0.39, 0.29) is 11.7 Å². The number of sulfone groups is 1. The summed E-state index contributed by atoms with van der Waals surface area (Å²) in [6.45, 7) is 5.21. The molecule has 0 saturated heterocycles. The summed E-state index contributed by atoms with van der Waals surface area (Å²) in [6, 6.07) is 13.4. The lowest BCUT2D eigenvalue weighted by Crippen LogP contribution is -2.35. The minimum absolute atomic E-state index is 0.0821. The van der Waals surface area contributed by atoms with Crippen LogP contribution in [0.2, 0.25) is 0 Å². The quantitative estimate of drug-likeness (QED) is 0.749. The normalized spacial score (nSPS) is 20.5. The molecule has 2 aliphatic rings. The molecule has 0 aromatic heterocycles. The van der Waals surface area contributed by atoms with Crippen LogP contribution in [-0.4, -0.2) is 32.7 Å². The van der Waals surface area contributed by atoms with Gasteiger partial charge in [-0.1, -0.05) is 31.9 Å². The van der Waals surface area contributed by atoms with Crippen molar-refractivity contribution in [1.82, 2.24) is 5.32 Å². The van der Waals surface area contributed by atoms with E-state index in [1.165, 1.54) is 36.9 Å². The summed E-state index contributed by atoms with van der Waals surface area (Å²) >= 11 is 0. The maximum Gasteiger partial charge on any atom is 0.251 e. The standard InChI is InChI=1S/C24H30N2O3S/c1-3-26-22-8-6-5-7-20(22)21-15-18(11-14-23(21)26)24(27)25-16-17-9-12-19(13-10-17)30(28,29)4-2/h9-15,20,22H,3-8,16H2,1-2H3,(H,25,27). The van der Waals surface area contributed by atoms with Gasteiger partial charge in [0.2, 0.25) is 0 Å². The number of carbonyl (C=O) groups is 1. The summed E-state index contributed by atoms with van der Waals surface area (Å²) in [4.78, 5) is 15.6. The predicted octanol–water partition coefficient (Wildman–Crippen LogP) is 4.28. The van der Waals surface area contributed by atoms with Crippen LogP contribution in [0.1, 0.15) is 66.9 Å². The number of nitrogens with one attached hydrogen (secondary N) is 1. The van der Waals surface area contributed by atoms with Crippen molar-refractivity contribution >= 4 is 21.4 Å². The second-order valence-electron chi connectivity index (χ2n) is 8.25. The molecule has 1 aliphatic carbocycles. The van der Waals surface area contributed by atoms with E-state index in [0.717, 1.165) is 12.1 Å². The number of hydrogen-bond donors (Lipinski definition) is 1. The van der Waals surface area contributed by atoms with E-state index in [2.05, 4.69) is 29.3 Å². The fourth-order valence-corrected chi connectivity index (χ4v) is 5.83. The predicted molar refractivity (Wildman–Crippen MR) is 120 cm³/mol. The van der Waals surface area contributed by atoms with Crippen molar-refractivity contribution in [2.24, 2.45) is 0 Å². The molecule has 160 valence electrons. The maximum absolute atomic E-state index is 12.8. The number of benzene rings is 2. The maximum atomic E-state index is 12.8. The minimum Gasteiger partial charge on any atom is -0.368 e. The monoisotopic (exact) mass is 426 g/mol. The van der Waals surface area contributed by atoms with Crippen LogP contribution in [0.25, 0.3) is 0 Å². The molecule has 1 heterocycles. The van der Waals surface area contributed by atoms with Crippen LogP contribution < -0.4 is 10.2 Å². The average Bonchev–Trinajstić information content (AvgIpc) is 3.10. The summed E-state index contributed by atoms with van der Waals surface area (Å²) in [6.07, 6.45) is 4.99. The van der Waals surface area contributed by atoms with Crippen LogP contribution in [0, 0.1) is 0 Å². The highest BCUT2D eigenvalue weighted by Crippen LogP contribution is 2.47. The van der Waals surface area contributed by atoms with E-state index in [1.807, 2.05) is 6.07 Å². The first kappa shape index (κ1) is 20.9. The van der Waals surface area contributed by atoms with E-state index in [0.29, 0.717) is 29.0 Å². The van der Waals surface area contributed by atoms with Crippen molar-refractivity contribution in [2.45, 2.75) is 62.9 Å². The van der Waals surface area contributed by atoms with E-state index in [4.69, 9.17) is 0 Å². The SMILES string of the molecule is CCN1c2ccc(C(=O)NCc3ccc(S(=O)(=O)CC)cc3)cc2C2CCCCC21. The zero-order valence-corrected chi connectivity index (χ0v) is 18.5. The first-order valence-electron chi connectivity index (χ1n) is 10.9. The molecule has 0 bridgehead atoms. The zero-order chi connectivity index (χ0) is 21.3. The largest absolute Gasteiger partial charge is 0.368 e. The lowest BCUT2D eigenvalue weighted by atomic mass is 9.82. The van der Waals surface area contributed by atoms with Gasteiger partial charge in [0.25, 0.3) is 5.91 Å². The number of anilines is 1. The van der Waals surface area contributed by atoms with Gasteiger partial charge in [-0.3, -0.25) is 4.79 Å². The molecule has 1 aliphatic heterocycles. The highest BCUT2D eigenvalue weighted by atomic mass is 32.2. The molecular weight excluding hydrogens is 396 g/mol. The Bertz CT molecular complexity index is 1030. The van der Waals surface area contributed by atoms with E-state index >= 15 is 0 Å². The van der Waals surface area contributed by atoms with Gasteiger partial charge in [-0.05, 0) is 61.2 Å². The molecule has 2 aromatic rings. The summed E-state index contributed by atoms with van der Waals surface area (Å²) in [5.74, 6) is 0.526. The molecule has 1 saturated carbocycles. The van der Waals surface area contributed by atoms with Crippen LogP contribution in [0.4, 0.5) is 5.69 Å². The molecule has 1 fully saturated rings. The molecule has 2 aromatic carbocycles. The minimum atomic E-state index is -3.20. The zero-order valence-electron chi connectivity index (χ0n) is 17.7. The lowest BCUT2D eigenvalue weighted by molar-refractivity contribution is 0.0951. The number of nitrogens with zero attached hydrogens (tertiary/aromatic N) is 1. The fraction of sp³-hybridized carbons (Fsp3) is 0.458. The molecule has 30 heavy (non-hydrogen) atoms. The third kappa shape index (κ3) is 3.85. The number of hydrogen-bond acceptors (Lipinski definition) is 4. The van der Waals surface area contributed by atoms with Gasteiger partial charge in [0.05, 0.1) is 10.6 Å². The Morgan fingerprint density at radius 1 is 1.07 bits per heavy atom. The Morgan fingerprint density at radius 2 is 1.80 bits per heavy atom. The smallest absolute Gasteiger partial charge is 0.251 e. The summed E-state index contributed by atoms with van der Waals surface area (Å²) < 4.78 is 23.9. The lowest BCUT2D eigenvalue weighted by Gasteiger charge is -2.32. The molecule has 0 radical (unpaired) electrons. The molecule has 4 rings (SSSR count). The molecule has 0 spiro atoms. The highest BCUT2D eigenvalue weighted by Gasteiger charge is 2.39. The van der Waals surface area contributed by atoms with Gasteiger partial charge in [-0.25, -0.2) is 8.42 Å². The first-order valence-corrected chi connectivity index (χ1v) is 12.6. The first-order chi connectivity index (χ1) is 14.4. The molecule has 6 heteroatoms. The van der Waals surface area contributed by atoms with Crippen LogP contribution in [0.5, 0.6) is 0 Å². The average molecular weight is 427 g/mol. The molecule has 1 N–H and O–H groups in total. The Balaban J connectivity index is 1.46. The van der Waals surface area contributed by atoms with Gasteiger partial charge >= 0.3 is 0 Å². The van der Waals surface area contributed by atoms with Crippen molar-refractivity contribution in [3.05, 3.63) is 59.2 Å². The van der Waals surface area contributed by atoms with Gasteiger partial charge in [-0.15, -0.1) is 0 Å². The van der Waals surface area contributed by atoms with Gasteiger partial charge in [0, 0.05) is 36.3 Å². The highest BCUT2D eigenvalue weighted by molar-refractivity contribution is 7.91. The van der Waals surface area contributed by atoms with Gasteiger partial charge in [0.1, 0.15) is 0 Å². The van der Waals surface area contributed by atoms with Crippen molar-refractivity contribution in [2.75, 3.05) is 17.2 Å². The van der Waals surface area contributed by atoms with Crippen LogP contribution in [0.3, 0.4) is 0 Å². The van der Waals surface area contributed by atoms with E-state index in [1.54, 1.807) is 31.2 Å². The number of likely N-dealkylation sites (N-methyl/N-ethyl adjacent to an activating group) is 1. The molecule has 5 nitrogen and oxygen atoms in total. The van der Waals surface area contributed by atoms with Crippen molar-refractivity contribution in [3.8, 4) is 0 Å². The number of amides is 1. The fourth-order valence-electron chi connectivity index (χ4n) is 4.95. The van der Waals surface area contributed by atoms with Gasteiger partial charge in [-0.2, -0.15) is 0 Å². The third-order valence-electron chi connectivity index (χ3n) is 6.58. The van der Waals surface area contributed by atoms with Crippen LogP contribution in [-0.2, 0) is 16.4 Å². The Labute approximate surface area is 179 Å². The van der Waals surface area contributed by atoms with E-state index in [9.17, 15) is 13.2 Å². The van der Waals surface area contributed by atoms with Gasteiger partial charge in [0.15, 0.2) is 9.84 Å². The van der Waals surface area contributed by atoms with Crippen LogP contribution in [0.15, 0.2) is 47.4 Å². The molecular formula is C24H30N2O3S. The number of fused-ring (bicyclic) bond motifs is 3. The molecule has 2 atom stereocenters. The van der Waals surface area contributed by atoms with E-state index < -0.39 is 9.84 Å². The summed E-state index contributed by atoms with van der Waals surface area (Å²) in [5, 5.41) is 2.97. The van der Waals surface area contributed by atoms with Crippen molar-refractivity contribution in [1.29, 1.82) is 0 Å². The second-order valence-corrected chi connectivity index (χ2v) is 10.5. The summed E-state index contributed by atoms with van der Waals surface area (Å²) in [7, 11) is -3.20. The van der Waals surface area contributed by atoms with Crippen LogP contribution >= 0.6 is 0 Å².